The van der Waals surface area contributed by atoms with Crippen LogP contribution < -0.4 is 4.74 Å². The van der Waals surface area contributed by atoms with E-state index in [2.05, 4.69) is 30.4 Å². The molecule has 22 heavy (non-hydrogen) atoms. The largest absolute Gasteiger partial charge is 0.489 e. The van der Waals surface area contributed by atoms with E-state index in [1.54, 1.807) is 19.1 Å². The van der Waals surface area contributed by atoms with Crippen LogP contribution in [0.25, 0.3) is 0 Å². The smallest absolute Gasteiger partial charge is 0.337 e. The van der Waals surface area contributed by atoms with Gasteiger partial charge in [0.05, 0.1) is 19.4 Å². The third-order valence-electron chi connectivity index (χ3n) is 2.28. The molecule has 0 saturated carbocycles. The van der Waals surface area contributed by atoms with Crippen LogP contribution in [0.15, 0.2) is 22.9 Å². The number of pyridine rings is 1. The highest BCUT2D eigenvalue weighted by Crippen LogP contribution is 2.12. The summed E-state index contributed by atoms with van der Waals surface area (Å²) < 4.78 is 14.9. The summed E-state index contributed by atoms with van der Waals surface area (Å²) in [5, 5.41) is 17.2. The Kier molecular flexibility index (Phi) is 7.78. The van der Waals surface area contributed by atoms with E-state index in [9.17, 15) is 9.59 Å². The quantitative estimate of drug-likeness (QED) is 0.420. The van der Waals surface area contributed by atoms with E-state index in [1.807, 2.05) is 0 Å². The zero-order chi connectivity index (χ0) is 16.5. The van der Waals surface area contributed by atoms with E-state index >= 15 is 0 Å². The first-order valence-corrected chi connectivity index (χ1v) is 7.16. The molecule has 0 amide bonds. The molecule has 0 aromatic carbocycles. The fourth-order valence-electron chi connectivity index (χ4n) is 1.11. The Morgan fingerprint density at radius 3 is 2.68 bits per heavy atom. The predicted octanol–water partition coefficient (Wildman–Crippen LogP) is 0.617. The van der Waals surface area contributed by atoms with Crippen molar-refractivity contribution in [3.05, 3.63) is 22.9 Å². The Morgan fingerprint density at radius 1 is 1.55 bits per heavy atom. The van der Waals surface area contributed by atoms with Crippen molar-refractivity contribution in [2.75, 3.05) is 19.8 Å². The fraction of sp³-hybridized carbons (Fsp3) is 0.462. The average molecular weight is 378 g/mol. The van der Waals surface area contributed by atoms with Crippen molar-refractivity contribution in [3.63, 3.8) is 0 Å². The first-order chi connectivity index (χ1) is 10.4. The summed E-state index contributed by atoms with van der Waals surface area (Å²) in [5.41, 5.74) is 0. The zero-order valence-electron chi connectivity index (χ0n) is 11.8. The van der Waals surface area contributed by atoms with Gasteiger partial charge in [0.1, 0.15) is 17.0 Å². The normalized spacial score (nSPS) is 16.8. The Balaban J connectivity index is 0.000000255. The van der Waals surface area contributed by atoms with Gasteiger partial charge < -0.3 is 24.4 Å². The van der Waals surface area contributed by atoms with Gasteiger partial charge in [-0.05, 0) is 35.0 Å². The Bertz CT molecular complexity index is 490. The number of rotatable bonds is 6. The molecular weight excluding hydrogens is 362 g/mol. The molecule has 0 radical (unpaired) electrons. The highest BCUT2D eigenvalue weighted by molar-refractivity contribution is 9.10. The third-order valence-corrected chi connectivity index (χ3v) is 2.75. The molecule has 1 saturated heterocycles. The maximum Gasteiger partial charge on any atom is 0.337 e. The SMILES string of the molecule is CCOC(=O)C1CO1.O=C(O)C(O)COc1ccc(Br)nc1. The second kappa shape index (κ2) is 9.34. The van der Waals surface area contributed by atoms with Gasteiger partial charge in [0.2, 0.25) is 0 Å². The monoisotopic (exact) mass is 377 g/mol. The van der Waals surface area contributed by atoms with Gasteiger partial charge in [0, 0.05) is 0 Å². The van der Waals surface area contributed by atoms with E-state index in [0.717, 1.165) is 0 Å². The van der Waals surface area contributed by atoms with Crippen molar-refractivity contribution in [2.24, 2.45) is 0 Å². The molecule has 122 valence electrons. The van der Waals surface area contributed by atoms with Crippen LogP contribution in [0.4, 0.5) is 0 Å². The summed E-state index contributed by atoms with van der Waals surface area (Å²) in [6, 6.07) is 3.27. The second-order valence-corrected chi connectivity index (χ2v) is 4.87. The van der Waals surface area contributed by atoms with Gasteiger partial charge in [0.25, 0.3) is 0 Å². The minimum absolute atomic E-state index is 0.229. The molecule has 1 fully saturated rings. The van der Waals surface area contributed by atoms with Crippen LogP contribution in [0, 0.1) is 0 Å². The maximum absolute atomic E-state index is 10.5. The summed E-state index contributed by atoms with van der Waals surface area (Å²) in [7, 11) is 0. The number of carbonyl (C=O) groups is 2. The van der Waals surface area contributed by atoms with Crippen molar-refractivity contribution >= 4 is 27.9 Å². The van der Waals surface area contributed by atoms with E-state index < -0.39 is 12.1 Å². The highest BCUT2D eigenvalue weighted by Gasteiger charge is 2.32. The summed E-state index contributed by atoms with van der Waals surface area (Å²) in [6.45, 7) is 2.47. The average Bonchev–Trinajstić information content (AvgIpc) is 3.32. The lowest BCUT2D eigenvalue weighted by Crippen LogP contribution is -2.26. The molecule has 0 bridgehead atoms. The van der Waals surface area contributed by atoms with Gasteiger partial charge in [0.15, 0.2) is 12.2 Å². The number of halogens is 1. The van der Waals surface area contributed by atoms with E-state index in [1.165, 1.54) is 6.20 Å². The number of aliphatic hydroxyl groups is 1. The molecule has 2 rings (SSSR count). The number of hydrogen-bond acceptors (Lipinski definition) is 7. The lowest BCUT2D eigenvalue weighted by Gasteiger charge is -2.07. The number of nitrogens with zero attached hydrogens (tertiary/aromatic N) is 1. The van der Waals surface area contributed by atoms with Gasteiger partial charge >= 0.3 is 11.9 Å². The molecule has 1 aliphatic heterocycles. The van der Waals surface area contributed by atoms with E-state index in [0.29, 0.717) is 23.6 Å². The van der Waals surface area contributed by atoms with Gasteiger partial charge in [-0.3, -0.25) is 0 Å². The van der Waals surface area contributed by atoms with Gasteiger partial charge in [-0.25, -0.2) is 14.6 Å². The van der Waals surface area contributed by atoms with Gasteiger partial charge in [-0.1, -0.05) is 0 Å². The fourth-order valence-corrected chi connectivity index (χ4v) is 1.35. The number of aliphatic hydroxyl groups excluding tert-OH is 1. The number of esters is 1. The van der Waals surface area contributed by atoms with Crippen LogP contribution in [0.3, 0.4) is 0 Å². The number of hydrogen-bond donors (Lipinski definition) is 2. The second-order valence-electron chi connectivity index (χ2n) is 4.06. The third kappa shape index (κ3) is 7.34. The Morgan fingerprint density at radius 2 is 2.23 bits per heavy atom. The summed E-state index contributed by atoms with van der Waals surface area (Å²) >= 11 is 3.14. The predicted molar refractivity (Wildman–Crippen MR) is 77.4 cm³/mol. The van der Waals surface area contributed by atoms with Crippen LogP contribution >= 0.6 is 15.9 Å². The van der Waals surface area contributed by atoms with Crippen molar-refractivity contribution < 1.29 is 34.0 Å². The van der Waals surface area contributed by atoms with Crippen LogP contribution in [-0.4, -0.2) is 59.2 Å². The molecule has 2 atom stereocenters. The van der Waals surface area contributed by atoms with Crippen LogP contribution in [-0.2, 0) is 19.1 Å². The molecule has 2 N–H and O–H groups in total. The minimum Gasteiger partial charge on any atom is -0.489 e. The van der Waals surface area contributed by atoms with E-state index in [-0.39, 0.29) is 18.7 Å². The highest BCUT2D eigenvalue weighted by atomic mass is 79.9. The molecule has 2 unspecified atom stereocenters. The number of ether oxygens (including phenoxy) is 3. The number of carboxylic acids is 1. The molecule has 1 aromatic rings. The molecule has 0 spiro atoms. The summed E-state index contributed by atoms with van der Waals surface area (Å²) in [6.07, 6.45) is -0.327. The number of aromatic nitrogens is 1. The van der Waals surface area contributed by atoms with Crippen LogP contribution in [0.5, 0.6) is 5.75 Å². The van der Waals surface area contributed by atoms with Gasteiger partial charge in [-0.15, -0.1) is 0 Å². The molecule has 9 heteroatoms. The lowest BCUT2D eigenvalue weighted by atomic mass is 10.4. The maximum atomic E-state index is 10.5. The molecular formula is C13H16BrNO7. The minimum atomic E-state index is -1.52. The van der Waals surface area contributed by atoms with E-state index in [4.69, 9.17) is 14.9 Å². The van der Waals surface area contributed by atoms with Crippen molar-refractivity contribution in [3.8, 4) is 5.75 Å². The number of aliphatic carboxylic acids is 1. The van der Waals surface area contributed by atoms with Crippen LogP contribution in [0.1, 0.15) is 6.92 Å². The van der Waals surface area contributed by atoms with Crippen molar-refractivity contribution in [2.45, 2.75) is 19.1 Å². The van der Waals surface area contributed by atoms with Gasteiger partial charge in [-0.2, -0.15) is 0 Å². The molecule has 8 nitrogen and oxygen atoms in total. The molecule has 1 aromatic heterocycles. The number of carbonyl (C=O) groups excluding carboxylic acids is 1. The lowest BCUT2D eigenvalue weighted by molar-refractivity contribution is -0.148. The Labute approximate surface area is 135 Å². The van der Waals surface area contributed by atoms with Crippen molar-refractivity contribution in [1.29, 1.82) is 0 Å². The molecule has 0 aliphatic carbocycles. The standard InChI is InChI=1S/C8H8BrNO4.C5H8O3/c9-7-2-1-5(3-10-7)14-4-6(11)8(12)13;1-2-7-5(6)4-3-8-4/h1-3,6,11H,4H2,(H,12,13);4H,2-3H2,1H3. The first-order valence-electron chi connectivity index (χ1n) is 6.37. The van der Waals surface area contributed by atoms with Crippen molar-refractivity contribution in [1.82, 2.24) is 4.98 Å². The summed E-state index contributed by atoms with van der Waals surface area (Å²) in [5.74, 6) is -1.13. The molecule has 2 heterocycles. The number of epoxide rings is 1. The Hall–Kier alpha value is -1.71. The topological polar surface area (TPSA) is 118 Å². The summed E-state index contributed by atoms with van der Waals surface area (Å²) in [4.78, 5) is 24.5. The first kappa shape index (κ1) is 18.3. The number of carboxylic acid groups (broad SMARTS) is 1. The molecule has 1 aliphatic rings. The van der Waals surface area contributed by atoms with Crippen LogP contribution in [0.2, 0.25) is 0 Å². The zero-order valence-corrected chi connectivity index (χ0v) is 13.4.